The smallest absolute Gasteiger partial charge is 0.138 e. The molecule has 0 aliphatic rings. The number of nitrogens with two attached hydrogens (primary N) is 1. The van der Waals surface area contributed by atoms with Gasteiger partial charge in [0.1, 0.15) is 23.9 Å². The van der Waals surface area contributed by atoms with Crippen LogP contribution >= 0.6 is 11.6 Å². The highest BCUT2D eigenvalue weighted by Crippen LogP contribution is 2.25. The minimum atomic E-state index is -0.0274. The van der Waals surface area contributed by atoms with Crippen molar-refractivity contribution in [2.45, 2.75) is 6.61 Å². The highest BCUT2D eigenvalue weighted by atomic mass is 35.5. The third-order valence-corrected chi connectivity index (χ3v) is 3.10. The van der Waals surface area contributed by atoms with Crippen LogP contribution in [0.25, 0.3) is 0 Å². The fourth-order valence-corrected chi connectivity index (χ4v) is 1.96. The standard InChI is InChI=1S/C15H15ClN2O2/c1-19-14-8-10(6-7-11(14)15(17)18)9-20-13-5-3-2-4-12(13)16/h2-8H,9H2,1H3,(H3,17,18). The molecule has 0 fully saturated rings. The Morgan fingerprint density at radius 3 is 2.60 bits per heavy atom. The van der Waals surface area contributed by atoms with Crippen LogP contribution in [0.4, 0.5) is 0 Å². The summed E-state index contributed by atoms with van der Waals surface area (Å²) < 4.78 is 10.9. The normalized spacial score (nSPS) is 10.1. The van der Waals surface area contributed by atoms with Crippen LogP contribution in [0.5, 0.6) is 11.5 Å². The third-order valence-electron chi connectivity index (χ3n) is 2.79. The highest BCUT2D eigenvalue weighted by molar-refractivity contribution is 6.32. The molecule has 0 heterocycles. The summed E-state index contributed by atoms with van der Waals surface area (Å²) >= 11 is 6.02. The first-order valence-corrected chi connectivity index (χ1v) is 6.38. The molecule has 0 atom stereocenters. The van der Waals surface area contributed by atoms with Crippen molar-refractivity contribution < 1.29 is 9.47 Å². The second kappa shape index (κ2) is 6.30. The first-order chi connectivity index (χ1) is 9.61. The molecule has 0 bridgehead atoms. The topological polar surface area (TPSA) is 68.3 Å². The number of nitrogen functional groups attached to an aromatic ring is 1. The lowest BCUT2D eigenvalue weighted by Gasteiger charge is -2.11. The quantitative estimate of drug-likeness (QED) is 0.656. The van der Waals surface area contributed by atoms with Gasteiger partial charge in [0.25, 0.3) is 0 Å². The van der Waals surface area contributed by atoms with Gasteiger partial charge < -0.3 is 15.2 Å². The number of hydrogen-bond donors (Lipinski definition) is 2. The average molecular weight is 291 g/mol. The summed E-state index contributed by atoms with van der Waals surface area (Å²) in [6, 6.07) is 12.7. The molecule has 0 saturated carbocycles. The van der Waals surface area contributed by atoms with Gasteiger partial charge in [0.2, 0.25) is 0 Å². The van der Waals surface area contributed by atoms with Gasteiger partial charge in [0, 0.05) is 0 Å². The van der Waals surface area contributed by atoms with E-state index < -0.39 is 0 Å². The molecule has 104 valence electrons. The molecule has 4 nitrogen and oxygen atoms in total. The number of para-hydroxylation sites is 1. The summed E-state index contributed by atoms with van der Waals surface area (Å²) in [6.45, 7) is 0.359. The van der Waals surface area contributed by atoms with Crippen molar-refractivity contribution in [3.05, 3.63) is 58.6 Å². The van der Waals surface area contributed by atoms with E-state index in [0.29, 0.717) is 28.7 Å². The van der Waals surface area contributed by atoms with E-state index in [1.807, 2.05) is 24.3 Å². The molecule has 0 aromatic heterocycles. The van der Waals surface area contributed by atoms with Gasteiger partial charge in [0.05, 0.1) is 17.7 Å². The first kappa shape index (κ1) is 14.2. The summed E-state index contributed by atoms with van der Waals surface area (Å²) in [5, 5.41) is 8.03. The predicted molar refractivity (Wildman–Crippen MR) is 79.8 cm³/mol. The van der Waals surface area contributed by atoms with Crippen molar-refractivity contribution in [1.29, 1.82) is 5.41 Å². The van der Waals surface area contributed by atoms with Crippen LogP contribution < -0.4 is 15.2 Å². The Morgan fingerprint density at radius 1 is 1.20 bits per heavy atom. The maximum Gasteiger partial charge on any atom is 0.138 e. The molecule has 0 spiro atoms. The summed E-state index contributed by atoms with van der Waals surface area (Å²) in [5.41, 5.74) is 6.95. The fourth-order valence-electron chi connectivity index (χ4n) is 1.77. The predicted octanol–water partition coefficient (Wildman–Crippen LogP) is 3.21. The number of amidine groups is 1. The van der Waals surface area contributed by atoms with E-state index in [0.717, 1.165) is 5.56 Å². The minimum absolute atomic E-state index is 0.0274. The van der Waals surface area contributed by atoms with Gasteiger partial charge in [-0.1, -0.05) is 29.8 Å². The van der Waals surface area contributed by atoms with Crippen molar-refractivity contribution in [3.8, 4) is 11.5 Å². The van der Waals surface area contributed by atoms with Crippen molar-refractivity contribution in [2.24, 2.45) is 5.73 Å². The maximum atomic E-state index is 7.46. The van der Waals surface area contributed by atoms with Crippen molar-refractivity contribution in [2.75, 3.05) is 7.11 Å². The molecule has 0 saturated heterocycles. The largest absolute Gasteiger partial charge is 0.496 e. The fraction of sp³-hybridized carbons (Fsp3) is 0.133. The Morgan fingerprint density at radius 2 is 1.95 bits per heavy atom. The summed E-state index contributed by atoms with van der Waals surface area (Å²) in [7, 11) is 1.54. The zero-order valence-corrected chi connectivity index (χ0v) is 11.8. The zero-order chi connectivity index (χ0) is 14.5. The lowest BCUT2D eigenvalue weighted by Crippen LogP contribution is -2.12. The molecule has 0 radical (unpaired) electrons. The number of rotatable bonds is 5. The molecular weight excluding hydrogens is 276 g/mol. The van der Waals surface area contributed by atoms with Gasteiger partial charge in [-0.2, -0.15) is 0 Å². The van der Waals surface area contributed by atoms with Crippen molar-refractivity contribution in [3.63, 3.8) is 0 Å². The number of methoxy groups -OCH3 is 1. The van der Waals surface area contributed by atoms with E-state index in [1.54, 1.807) is 25.3 Å². The lowest BCUT2D eigenvalue weighted by molar-refractivity contribution is 0.305. The molecule has 2 aromatic carbocycles. The van der Waals surface area contributed by atoms with Crippen LogP contribution in [0.3, 0.4) is 0 Å². The van der Waals surface area contributed by atoms with E-state index in [1.165, 1.54) is 0 Å². The Hall–Kier alpha value is -2.20. The van der Waals surface area contributed by atoms with Gasteiger partial charge in [-0.05, 0) is 29.8 Å². The number of halogens is 1. The van der Waals surface area contributed by atoms with Gasteiger partial charge >= 0.3 is 0 Å². The van der Waals surface area contributed by atoms with Gasteiger partial charge in [-0.15, -0.1) is 0 Å². The summed E-state index contributed by atoms with van der Waals surface area (Å²) in [6.07, 6.45) is 0. The summed E-state index contributed by atoms with van der Waals surface area (Å²) in [4.78, 5) is 0. The van der Waals surface area contributed by atoms with Gasteiger partial charge in [-0.3, -0.25) is 5.41 Å². The van der Waals surface area contributed by atoms with Gasteiger partial charge in [-0.25, -0.2) is 0 Å². The molecular formula is C15H15ClN2O2. The van der Waals surface area contributed by atoms with Crippen LogP contribution in [0.2, 0.25) is 5.02 Å². The van der Waals surface area contributed by atoms with E-state index in [2.05, 4.69) is 0 Å². The second-order valence-corrected chi connectivity index (χ2v) is 4.57. The third kappa shape index (κ3) is 3.22. The van der Waals surface area contributed by atoms with E-state index in [-0.39, 0.29) is 5.84 Å². The number of benzene rings is 2. The molecule has 0 unspecified atom stereocenters. The number of nitrogens with one attached hydrogen (secondary N) is 1. The van der Waals surface area contributed by atoms with Crippen LogP contribution in [0.15, 0.2) is 42.5 Å². The molecule has 0 aliphatic heterocycles. The molecule has 0 aliphatic carbocycles. The maximum absolute atomic E-state index is 7.46. The van der Waals surface area contributed by atoms with Crippen LogP contribution in [-0.4, -0.2) is 12.9 Å². The Labute approximate surface area is 122 Å². The lowest BCUT2D eigenvalue weighted by atomic mass is 10.1. The van der Waals surface area contributed by atoms with Crippen LogP contribution in [-0.2, 0) is 6.61 Å². The van der Waals surface area contributed by atoms with E-state index >= 15 is 0 Å². The minimum Gasteiger partial charge on any atom is -0.496 e. The Kier molecular flexibility index (Phi) is 4.48. The van der Waals surface area contributed by atoms with Crippen LogP contribution in [0, 0.1) is 5.41 Å². The SMILES string of the molecule is COc1cc(COc2ccccc2Cl)ccc1C(=N)N. The average Bonchev–Trinajstić information content (AvgIpc) is 2.46. The van der Waals surface area contributed by atoms with Crippen molar-refractivity contribution >= 4 is 17.4 Å². The second-order valence-electron chi connectivity index (χ2n) is 4.17. The number of ether oxygens (including phenoxy) is 2. The monoisotopic (exact) mass is 290 g/mol. The highest BCUT2D eigenvalue weighted by Gasteiger charge is 2.08. The first-order valence-electron chi connectivity index (χ1n) is 6.00. The molecule has 2 rings (SSSR count). The molecule has 2 aromatic rings. The molecule has 20 heavy (non-hydrogen) atoms. The van der Waals surface area contributed by atoms with Crippen molar-refractivity contribution in [1.82, 2.24) is 0 Å². The summed E-state index contributed by atoms with van der Waals surface area (Å²) in [5.74, 6) is 1.15. The molecule has 3 N–H and O–H groups in total. The van der Waals surface area contributed by atoms with E-state index in [4.69, 9.17) is 32.2 Å². The Balaban J connectivity index is 2.15. The van der Waals surface area contributed by atoms with E-state index in [9.17, 15) is 0 Å². The van der Waals surface area contributed by atoms with Crippen LogP contribution in [0.1, 0.15) is 11.1 Å². The number of hydrogen-bond acceptors (Lipinski definition) is 3. The molecule has 5 heteroatoms. The molecule has 0 amide bonds. The zero-order valence-electron chi connectivity index (χ0n) is 11.0. The Bertz CT molecular complexity index is 629. The van der Waals surface area contributed by atoms with Gasteiger partial charge in [0.15, 0.2) is 0 Å².